The average Bonchev–Trinajstić information content (AvgIpc) is 2.03. The highest BCUT2D eigenvalue weighted by Crippen LogP contribution is 2.26. The first-order chi connectivity index (χ1) is 5.97. The van der Waals surface area contributed by atoms with Crippen LogP contribution in [0.15, 0.2) is 30.9 Å². The van der Waals surface area contributed by atoms with Crippen molar-refractivity contribution in [2.75, 3.05) is 0 Å². The van der Waals surface area contributed by atoms with Gasteiger partial charge in [0.05, 0.1) is 0 Å². The van der Waals surface area contributed by atoms with Gasteiger partial charge in [0.1, 0.15) is 11.6 Å². The van der Waals surface area contributed by atoms with E-state index in [4.69, 9.17) is 0 Å². The summed E-state index contributed by atoms with van der Waals surface area (Å²) in [6, 6.07) is 3.59. The Kier molecular flexibility index (Phi) is 2.50. The Bertz CT molecular complexity index is 327. The van der Waals surface area contributed by atoms with Crippen LogP contribution in [0.4, 0.5) is 8.78 Å². The largest absolute Gasteiger partial charge is 0.207 e. The van der Waals surface area contributed by atoms with Crippen molar-refractivity contribution in [3.8, 4) is 0 Å². The zero-order valence-electron chi connectivity index (χ0n) is 7.77. The topological polar surface area (TPSA) is 0 Å². The maximum atomic E-state index is 13.2. The van der Waals surface area contributed by atoms with Crippen molar-refractivity contribution >= 4 is 0 Å². The fourth-order valence-electron chi connectivity index (χ4n) is 1.12. The van der Waals surface area contributed by atoms with Gasteiger partial charge in [-0.3, -0.25) is 0 Å². The van der Waals surface area contributed by atoms with Crippen molar-refractivity contribution in [1.29, 1.82) is 0 Å². The Morgan fingerprint density at radius 3 is 2.38 bits per heavy atom. The first-order valence-electron chi connectivity index (χ1n) is 4.06. The molecule has 0 nitrogen and oxygen atoms in total. The molecule has 0 aliphatic carbocycles. The minimum Gasteiger partial charge on any atom is -0.207 e. The third kappa shape index (κ3) is 1.94. The molecule has 1 rings (SSSR count). The second kappa shape index (κ2) is 3.29. The Balaban J connectivity index is 3.23. The Morgan fingerprint density at radius 1 is 1.31 bits per heavy atom. The Morgan fingerprint density at radius 2 is 1.92 bits per heavy atom. The van der Waals surface area contributed by atoms with Gasteiger partial charge < -0.3 is 0 Å². The lowest BCUT2D eigenvalue weighted by atomic mass is 9.84. The smallest absolute Gasteiger partial charge is 0.130 e. The molecule has 0 fully saturated rings. The van der Waals surface area contributed by atoms with E-state index in [0.29, 0.717) is 5.56 Å². The van der Waals surface area contributed by atoms with Crippen LogP contribution in [0.1, 0.15) is 19.4 Å². The number of benzene rings is 1. The molecule has 0 spiro atoms. The van der Waals surface area contributed by atoms with E-state index in [9.17, 15) is 8.78 Å². The van der Waals surface area contributed by atoms with Crippen molar-refractivity contribution in [2.45, 2.75) is 19.3 Å². The van der Waals surface area contributed by atoms with Crippen molar-refractivity contribution in [1.82, 2.24) is 0 Å². The van der Waals surface area contributed by atoms with Gasteiger partial charge in [-0.15, -0.1) is 6.58 Å². The molecule has 0 aliphatic heterocycles. The van der Waals surface area contributed by atoms with Crippen LogP contribution in [-0.4, -0.2) is 0 Å². The van der Waals surface area contributed by atoms with Gasteiger partial charge in [-0.2, -0.15) is 0 Å². The molecule has 1 aromatic rings. The molecule has 0 N–H and O–H groups in total. The second-order valence-corrected chi connectivity index (χ2v) is 3.55. The number of rotatable bonds is 2. The predicted octanol–water partition coefficient (Wildman–Crippen LogP) is 3.43. The molecule has 70 valence electrons. The van der Waals surface area contributed by atoms with E-state index < -0.39 is 17.0 Å². The highest BCUT2D eigenvalue weighted by Gasteiger charge is 2.20. The molecule has 0 bridgehead atoms. The molecule has 0 aliphatic rings. The number of allylic oxidation sites excluding steroid dienone is 1. The standard InChI is InChI=1S/C11H12F2/c1-4-11(2,3)9-6-5-8(12)7-10(9)13/h4-7H,1H2,2-3H3. The maximum absolute atomic E-state index is 13.2. The van der Waals surface area contributed by atoms with E-state index in [1.165, 1.54) is 12.1 Å². The van der Waals surface area contributed by atoms with Crippen molar-refractivity contribution in [3.63, 3.8) is 0 Å². The lowest BCUT2D eigenvalue weighted by Gasteiger charge is -2.20. The zero-order chi connectivity index (χ0) is 10.1. The van der Waals surface area contributed by atoms with E-state index in [0.717, 1.165) is 6.07 Å². The molecular formula is C11H12F2. The van der Waals surface area contributed by atoms with E-state index in [1.54, 1.807) is 6.08 Å². The number of hydrogen-bond donors (Lipinski definition) is 0. The normalized spacial score (nSPS) is 11.4. The zero-order valence-corrected chi connectivity index (χ0v) is 7.77. The fraction of sp³-hybridized carbons (Fsp3) is 0.273. The molecule has 1 aromatic carbocycles. The summed E-state index contributed by atoms with van der Waals surface area (Å²) in [5.74, 6) is -1.08. The SMILES string of the molecule is C=CC(C)(C)c1ccc(F)cc1F. The summed E-state index contributed by atoms with van der Waals surface area (Å²) in [4.78, 5) is 0. The first kappa shape index (κ1) is 9.90. The van der Waals surface area contributed by atoms with Crippen LogP contribution in [0.2, 0.25) is 0 Å². The van der Waals surface area contributed by atoms with Gasteiger partial charge in [0.25, 0.3) is 0 Å². The third-order valence-electron chi connectivity index (χ3n) is 2.14. The highest BCUT2D eigenvalue weighted by atomic mass is 19.1. The van der Waals surface area contributed by atoms with E-state index in [-0.39, 0.29) is 0 Å². The lowest BCUT2D eigenvalue weighted by molar-refractivity contribution is 0.539. The van der Waals surface area contributed by atoms with Gasteiger partial charge in [-0.05, 0) is 11.6 Å². The molecule has 0 saturated heterocycles. The van der Waals surface area contributed by atoms with E-state index >= 15 is 0 Å². The lowest BCUT2D eigenvalue weighted by Crippen LogP contribution is -2.15. The predicted molar refractivity (Wildman–Crippen MR) is 49.6 cm³/mol. The summed E-state index contributed by atoms with van der Waals surface area (Å²) < 4.78 is 25.8. The summed E-state index contributed by atoms with van der Waals surface area (Å²) in [7, 11) is 0. The van der Waals surface area contributed by atoms with Gasteiger partial charge in [-0.25, -0.2) is 8.78 Å². The van der Waals surface area contributed by atoms with Crippen LogP contribution in [0.5, 0.6) is 0 Å². The van der Waals surface area contributed by atoms with E-state index in [2.05, 4.69) is 6.58 Å². The number of hydrogen-bond acceptors (Lipinski definition) is 0. The number of halogens is 2. The Labute approximate surface area is 76.9 Å². The minimum atomic E-state index is -0.555. The van der Waals surface area contributed by atoms with Crippen LogP contribution in [-0.2, 0) is 5.41 Å². The third-order valence-corrected chi connectivity index (χ3v) is 2.14. The summed E-state index contributed by atoms with van der Waals surface area (Å²) >= 11 is 0. The summed E-state index contributed by atoms with van der Waals surface area (Å²) in [5.41, 5.74) is 0.00141. The average molecular weight is 182 g/mol. The van der Waals surface area contributed by atoms with Crippen LogP contribution in [0.3, 0.4) is 0 Å². The fourth-order valence-corrected chi connectivity index (χ4v) is 1.12. The van der Waals surface area contributed by atoms with Crippen LogP contribution in [0.25, 0.3) is 0 Å². The van der Waals surface area contributed by atoms with Gasteiger partial charge in [-0.1, -0.05) is 26.0 Å². The molecule has 0 heterocycles. The monoisotopic (exact) mass is 182 g/mol. The second-order valence-electron chi connectivity index (χ2n) is 3.55. The van der Waals surface area contributed by atoms with Crippen molar-refractivity contribution < 1.29 is 8.78 Å². The van der Waals surface area contributed by atoms with Gasteiger partial charge in [0.2, 0.25) is 0 Å². The Hall–Kier alpha value is -1.18. The molecule has 0 radical (unpaired) electrons. The molecule has 0 saturated carbocycles. The molecule has 0 amide bonds. The van der Waals surface area contributed by atoms with Crippen LogP contribution >= 0.6 is 0 Å². The van der Waals surface area contributed by atoms with Crippen LogP contribution < -0.4 is 0 Å². The molecule has 0 aromatic heterocycles. The molecule has 0 unspecified atom stereocenters. The molecule has 2 heteroatoms. The van der Waals surface area contributed by atoms with Crippen LogP contribution in [0, 0.1) is 11.6 Å². The van der Waals surface area contributed by atoms with Gasteiger partial charge in [0.15, 0.2) is 0 Å². The summed E-state index contributed by atoms with van der Waals surface area (Å²) in [5, 5.41) is 0. The highest BCUT2D eigenvalue weighted by molar-refractivity contribution is 5.29. The van der Waals surface area contributed by atoms with Gasteiger partial charge in [0, 0.05) is 11.5 Å². The first-order valence-corrected chi connectivity index (χ1v) is 4.06. The molecule has 13 heavy (non-hydrogen) atoms. The maximum Gasteiger partial charge on any atom is 0.130 e. The van der Waals surface area contributed by atoms with Crippen molar-refractivity contribution in [3.05, 3.63) is 48.1 Å². The summed E-state index contributed by atoms with van der Waals surface area (Å²) in [6.45, 7) is 7.27. The summed E-state index contributed by atoms with van der Waals surface area (Å²) in [6.07, 6.45) is 1.64. The van der Waals surface area contributed by atoms with Crippen molar-refractivity contribution in [2.24, 2.45) is 0 Å². The molecule has 0 atom stereocenters. The molecular weight excluding hydrogens is 170 g/mol. The van der Waals surface area contributed by atoms with E-state index in [1.807, 2.05) is 13.8 Å². The van der Waals surface area contributed by atoms with Gasteiger partial charge >= 0.3 is 0 Å². The quantitative estimate of drug-likeness (QED) is 0.615. The minimum absolute atomic E-state index is 0.461.